The van der Waals surface area contributed by atoms with E-state index in [0.717, 1.165) is 48.6 Å². The molecule has 3 saturated carbocycles. The van der Waals surface area contributed by atoms with Crippen molar-refractivity contribution in [1.82, 2.24) is 9.97 Å². The van der Waals surface area contributed by atoms with E-state index >= 15 is 4.39 Å². The van der Waals surface area contributed by atoms with E-state index in [1.54, 1.807) is 12.1 Å². The zero-order valence-electron chi connectivity index (χ0n) is 22.2. The molecule has 2 N–H and O–H groups in total. The summed E-state index contributed by atoms with van der Waals surface area (Å²) >= 11 is 0. The lowest BCUT2D eigenvalue weighted by Crippen LogP contribution is -2.44. The van der Waals surface area contributed by atoms with Crippen LogP contribution in [-0.4, -0.2) is 26.8 Å². The van der Waals surface area contributed by atoms with Crippen LogP contribution in [0.3, 0.4) is 0 Å². The van der Waals surface area contributed by atoms with Crippen molar-refractivity contribution in [1.29, 1.82) is 5.26 Å². The number of nitrogens with zero attached hydrogens (tertiary/aromatic N) is 3. The van der Waals surface area contributed by atoms with E-state index in [0.29, 0.717) is 11.3 Å². The van der Waals surface area contributed by atoms with Gasteiger partial charge in [0.2, 0.25) is 0 Å². The van der Waals surface area contributed by atoms with Crippen LogP contribution >= 0.6 is 0 Å². The number of carboxylic acid groups (broad SMARTS) is 1. The van der Waals surface area contributed by atoms with Crippen LogP contribution in [0.25, 0.3) is 44.1 Å². The van der Waals surface area contributed by atoms with Gasteiger partial charge in [0.1, 0.15) is 17.7 Å². The highest BCUT2D eigenvalue weighted by molar-refractivity contribution is 6.05. The molecule has 5 aromatic rings. The smallest absolute Gasteiger partial charge is 0.312 e. The summed E-state index contributed by atoms with van der Waals surface area (Å²) in [6.45, 7) is 0. The Kier molecular flexibility index (Phi) is 6.08. The lowest BCUT2D eigenvalue weighted by Gasteiger charge is -2.41. The number of hydrogen-bond acceptors (Lipinski definition) is 4. The number of H-pyrrole nitrogens is 1. The molecular formula is C33H23F3N4O2. The minimum Gasteiger partial charge on any atom is -0.481 e. The predicted molar refractivity (Wildman–Crippen MR) is 153 cm³/mol. The number of nitriles is 1. The molecule has 2 aromatic heterocycles. The van der Waals surface area contributed by atoms with Crippen LogP contribution in [0.2, 0.25) is 0 Å². The zero-order valence-corrected chi connectivity index (χ0v) is 22.2. The molecule has 0 radical (unpaired) electrons. The molecule has 0 spiro atoms. The number of aromatic amines is 1. The SMILES string of the molecule is N#Cc1c(-c2c[nH]c3c(F)cc(F)cc23)nc(N=C2C3CCC(CC3)[C@H]2C(=O)O)c(F)c1-c1ccc2ccccc2c1. The van der Waals surface area contributed by atoms with Gasteiger partial charge >= 0.3 is 5.97 Å². The summed E-state index contributed by atoms with van der Waals surface area (Å²) in [6, 6.07) is 16.7. The first-order valence-electron chi connectivity index (χ1n) is 13.7. The highest BCUT2D eigenvalue weighted by atomic mass is 19.1. The first-order valence-corrected chi connectivity index (χ1v) is 13.7. The number of fused-ring (bicyclic) bond motifs is 5. The van der Waals surface area contributed by atoms with Crippen LogP contribution in [0, 0.1) is 46.5 Å². The molecule has 1 atom stereocenters. The second kappa shape index (κ2) is 9.84. The summed E-state index contributed by atoms with van der Waals surface area (Å²) < 4.78 is 45.5. The Morgan fingerprint density at radius 3 is 2.52 bits per heavy atom. The van der Waals surface area contributed by atoms with Gasteiger partial charge in [0.15, 0.2) is 11.6 Å². The third-order valence-corrected chi connectivity index (χ3v) is 8.71. The molecule has 0 saturated heterocycles. The third kappa shape index (κ3) is 4.05. The molecule has 2 heterocycles. The number of carbonyl (C=O) groups is 1. The molecule has 3 aliphatic carbocycles. The van der Waals surface area contributed by atoms with Gasteiger partial charge in [-0.1, -0.05) is 36.4 Å². The summed E-state index contributed by atoms with van der Waals surface area (Å²) in [5.74, 6) is -4.92. The number of hydrogen-bond donors (Lipinski definition) is 2. The van der Waals surface area contributed by atoms with Crippen molar-refractivity contribution in [3.05, 3.63) is 83.8 Å². The van der Waals surface area contributed by atoms with Crippen LogP contribution in [0.15, 0.2) is 65.8 Å². The molecule has 3 fully saturated rings. The predicted octanol–water partition coefficient (Wildman–Crippen LogP) is 7.93. The number of pyridine rings is 1. The summed E-state index contributed by atoms with van der Waals surface area (Å²) in [5, 5.41) is 22.3. The van der Waals surface area contributed by atoms with Crippen LogP contribution in [0.4, 0.5) is 19.0 Å². The molecule has 208 valence electrons. The van der Waals surface area contributed by atoms with Crippen LogP contribution in [0.5, 0.6) is 0 Å². The standard InChI is InChI=1S/C33H23F3N4O2/c34-21-12-22-24(15-38-31(22)25(35)13-21)30-23(14-37)26(20-10-5-16-3-1-2-4-19(16)11-20)28(36)32(40-30)39-29-18-8-6-17(7-9-18)27(29)33(41)42/h1-5,10-13,15,17-18,27,38H,6-9H2,(H,41,42)/t17?,18?,27-/m1/s1. The summed E-state index contributed by atoms with van der Waals surface area (Å²) in [5.41, 5.74) is 0.785. The molecule has 6 nitrogen and oxygen atoms in total. The molecule has 9 heteroatoms. The van der Waals surface area contributed by atoms with E-state index < -0.39 is 29.3 Å². The quantitative estimate of drug-likeness (QED) is 0.231. The minimum absolute atomic E-state index is 0.00879. The van der Waals surface area contributed by atoms with Crippen molar-refractivity contribution in [3.8, 4) is 28.5 Å². The summed E-state index contributed by atoms with van der Waals surface area (Å²) in [4.78, 5) is 24.1. The zero-order chi connectivity index (χ0) is 29.1. The van der Waals surface area contributed by atoms with Crippen molar-refractivity contribution in [2.75, 3.05) is 0 Å². The van der Waals surface area contributed by atoms with E-state index in [-0.39, 0.29) is 50.9 Å². The molecule has 0 unspecified atom stereocenters. The van der Waals surface area contributed by atoms with Gasteiger partial charge in [0, 0.05) is 34.5 Å². The van der Waals surface area contributed by atoms with Crippen LogP contribution in [-0.2, 0) is 4.79 Å². The number of aromatic nitrogens is 2. The topological polar surface area (TPSA) is 102 Å². The average Bonchev–Trinajstić information content (AvgIpc) is 3.42. The summed E-state index contributed by atoms with van der Waals surface area (Å²) in [7, 11) is 0. The van der Waals surface area contributed by atoms with Gasteiger partial charge in [-0.3, -0.25) is 4.79 Å². The lowest BCUT2D eigenvalue weighted by molar-refractivity contribution is -0.142. The van der Waals surface area contributed by atoms with Crippen molar-refractivity contribution in [3.63, 3.8) is 0 Å². The third-order valence-electron chi connectivity index (χ3n) is 8.71. The monoisotopic (exact) mass is 564 g/mol. The number of aliphatic imine (C=N–C) groups is 1. The number of benzene rings is 3. The Balaban J connectivity index is 1.54. The fraction of sp³-hybridized carbons (Fsp3) is 0.212. The molecular weight excluding hydrogens is 541 g/mol. The molecule has 3 aliphatic rings. The minimum atomic E-state index is -1.00. The molecule has 8 rings (SSSR count). The maximum absolute atomic E-state index is 16.6. The Labute approximate surface area is 238 Å². The first kappa shape index (κ1) is 26.0. The highest BCUT2D eigenvalue weighted by Gasteiger charge is 2.45. The van der Waals surface area contributed by atoms with Crippen LogP contribution in [0.1, 0.15) is 31.2 Å². The number of nitrogens with one attached hydrogen (secondary N) is 1. The van der Waals surface area contributed by atoms with Crippen molar-refractivity contribution < 1.29 is 23.1 Å². The maximum Gasteiger partial charge on any atom is 0.312 e. The first-order chi connectivity index (χ1) is 20.3. The van der Waals surface area contributed by atoms with Crippen molar-refractivity contribution in [2.45, 2.75) is 25.7 Å². The van der Waals surface area contributed by atoms with Gasteiger partial charge in [0.25, 0.3) is 0 Å². The molecule has 0 aliphatic heterocycles. The second-order valence-corrected chi connectivity index (χ2v) is 11.0. The number of halogens is 3. The molecule has 2 bridgehead atoms. The van der Waals surface area contributed by atoms with Gasteiger partial charge in [-0.2, -0.15) is 5.26 Å². The van der Waals surface area contributed by atoms with E-state index in [1.807, 2.05) is 30.3 Å². The van der Waals surface area contributed by atoms with E-state index in [4.69, 9.17) is 0 Å². The summed E-state index contributed by atoms with van der Waals surface area (Å²) in [6.07, 6.45) is 4.46. The van der Waals surface area contributed by atoms with E-state index in [9.17, 15) is 23.9 Å². The fourth-order valence-electron chi connectivity index (χ4n) is 6.75. The molecule has 0 amide bonds. The second-order valence-electron chi connectivity index (χ2n) is 11.0. The molecule has 3 aromatic carbocycles. The Bertz CT molecular complexity index is 2000. The van der Waals surface area contributed by atoms with Gasteiger partial charge in [-0.05, 0) is 66.0 Å². The van der Waals surface area contributed by atoms with Crippen molar-refractivity contribution >= 4 is 39.2 Å². The van der Waals surface area contributed by atoms with Gasteiger partial charge in [0.05, 0.1) is 22.7 Å². The van der Waals surface area contributed by atoms with Gasteiger partial charge < -0.3 is 10.1 Å². The number of rotatable bonds is 4. The van der Waals surface area contributed by atoms with Gasteiger partial charge in [-0.25, -0.2) is 23.1 Å². The lowest BCUT2D eigenvalue weighted by atomic mass is 9.63. The van der Waals surface area contributed by atoms with Gasteiger partial charge in [-0.15, -0.1) is 0 Å². The number of aliphatic carboxylic acids is 1. The normalized spacial score (nSPS) is 20.8. The Hall–Kier alpha value is -4.97. The van der Waals surface area contributed by atoms with Crippen molar-refractivity contribution in [2.24, 2.45) is 22.7 Å². The molecule has 42 heavy (non-hydrogen) atoms. The maximum atomic E-state index is 16.6. The Morgan fingerprint density at radius 2 is 1.79 bits per heavy atom. The largest absolute Gasteiger partial charge is 0.481 e. The Morgan fingerprint density at radius 1 is 1.02 bits per heavy atom. The number of carboxylic acids is 1. The highest BCUT2D eigenvalue weighted by Crippen LogP contribution is 2.46. The average molecular weight is 565 g/mol. The van der Waals surface area contributed by atoms with E-state index in [2.05, 4.69) is 21.0 Å². The van der Waals surface area contributed by atoms with Crippen LogP contribution < -0.4 is 0 Å². The van der Waals surface area contributed by atoms with E-state index in [1.165, 1.54) is 6.20 Å². The fourth-order valence-corrected chi connectivity index (χ4v) is 6.75.